The highest BCUT2D eigenvalue weighted by molar-refractivity contribution is 6.59. The van der Waals surface area contributed by atoms with Gasteiger partial charge in [0.05, 0.1) is 14.0 Å². The van der Waals surface area contributed by atoms with Gasteiger partial charge < -0.3 is 4.74 Å². The number of ether oxygens (including phenoxy) is 1. The number of rotatable bonds is 4. The molecule has 4 heteroatoms. The van der Waals surface area contributed by atoms with Crippen LogP contribution in [-0.4, -0.2) is 25.5 Å². The topological polar surface area (TPSA) is 9.23 Å². The molecular weight excluding hydrogens is 235 g/mol. The Labute approximate surface area is 98.7 Å². The first-order valence-corrected chi connectivity index (χ1v) is 9.25. The summed E-state index contributed by atoms with van der Waals surface area (Å²) in [6.45, 7) is 5.66. The van der Waals surface area contributed by atoms with Crippen molar-refractivity contribution in [2.75, 3.05) is 6.61 Å². The van der Waals surface area contributed by atoms with Gasteiger partial charge >= 0.3 is 0 Å². The molecule has 1 nitrogen and oxygen atoms in total. The van der Waals surface area contributed by atoms with Crippen LogP contribution in [0.5, 0.6) is 0 Å². The third kappa shape index (κ3) is 3.40. The molecule has 0 aromatic rings. The van der Waals surface area contributed by atoms with Crippen LogP contribution in [0.25, 0.3) is 0 Å². The van der Waals surface area contributed by atoms with E-state index >= 15 is 0 Å². The van der Waals surface area contributed by atoms with E-state index in [-0.39, 0.29) is 10.1 Å². The Hall–Kier alpha value is 0.757. The first kappa shape index (κ1) is 12.8. The van der Waals surface area contributed by atoms with Crippen molar-refractivity contribution >= 4 is 32.0 Å². The summed E-state index contributed by atoms with van der Waals surface area (Å²) >= 11 is 11.6. The fourth-order valence-corrected chi connectivity index (χ4v) is 4.36. The summed E-state index contributed by atoms with van der Waals surface area (Å²) in [7, 11) is -0.786. The molecule has 0 bridgehead atoms. The summed E-state index contributed by atoms with van der Waals surface area (Å²) in [6.07, 6.45) is 5.66. The lowest BCUT2D eigenvalue weighted by Gasteiger charge is -2.40. The summed E-state index contributed by atoms with van der Waals surface area (Å²) < 4.78 is 6.02. The second kappa shape index (κ2) is 5.74. The van der Waals surface area contributed by atoms with Crippen molar-refractivity contribution in [3.8, 4) is 0 Å². The van der Waals surface area contributed by atoms with Crippen molar-refractivity contribution < 1.29 is 4.74 Å². The summed E-state index contributed by atoms with van der Waals surface area (Å²) in [4.78, 5) is -0.231. The third-order valence-electron chi connectivity index (χ3n) is 3.22. The molecule has 0 aromatic carbocycles. The zero-order valence-electron chi connectivity index (χ0n) is 9.06. The van der Waals surface area contributed by atoms with Gasteiger partial charge in [0.1, 0.15) is 4.84 Å². The Kier molecular flexibility index (Phi) is 5.25. The van der Waals surface area contributed by atoms with Crippen LogP contribution >= 0.6 is 23.2 Å². The van der Waals surface area contributed by atoms with Gasteiger partial charge in [-0.05, 0) is 32.1 Å². The van der Waals surface area contributed by atoms with E-state index in [1.165, 1.54) is 19.3 Å². The summed E-state index contributed by atoms with van der Waals surface area (Å²) in [5, 5.41) is 0.181. The van der Waals surface area contributed by atoms with Gasteiger partial charge in [-0.2, -0.15) is 0 Å². The minimum Gasteiger partial charge on any atom is -0.379 e. The van der Waals surface area contributed by atoms with Crippen LogP contribution in [0, 0.1) is 0 Å². The minimum absolute atomic E-state index is 0.181. The van der Waals surface area contributed by atoms with Gasteiger partial charge in [0.15, 0.2) is 0 Å². The lowest BCUT2D eigenvalue weighted by molar-refractivity contribution is -0.0283. The van der Waals surface area contributed by atoms with Gasteiger partial charge in [-0.25, -0.2) is 0 Å². The van der Waals surface area contributed by atoms with Gasteiger partial charge in [-0.1, -0.05) is 13.1 Å². The second-order valence-corrected chi connectivity index (χ2v) is 9.09. The maximum absolute atomic E-state index is 6.02. The first-order valence-electron chi connectivity index (χ1n) is 5.49. The van der Waals surface area contributed by atoms with Crippen molar-refractivity contribution in [2.45, 2.75) is 55.3 Å². The van der Waals surface area contributed by atoms with E-state index in [9.17, 15) is 0 Å². The first-order chi connectivity index (χ1) is 6.57. The molecule has 1 saturated heterocycles. The molecule has 0 saturated carbocycles. The number of hydrogen-bond donors (Lipinski definition) is 0. The smallest absolute Gasteiger partial charge is 0.107 e. The standard InChI is InChI=1S/C10H20Cl2OSi/c1-14(2)10(7-5-9(11)12)6-3-4-8-13-10/h9,14H,3-8H2,1-2H3. The lowest BCUT2D eigenvalue weighted by atomic mass is 10.0. The van der Waals surface area contributed by atoms with Crippen LogP contribution in [0.2, 0.25) is 13.1 Å². The van der Waals surface area contributed by atoms with Crippen LogP contribution in [0.4, 0.5) is 0 Å². The second-order valence-electron chi connectivity index (χ2n) is 4.45. The van der Waals surface area contributed by atoms with Crippen LogP contribution in [0.3, 0.4) is 0 Å². The summed E-state index contributed by atoms with van der Waals surface area (Å²) in [5.41, 5.74) is 0. The molecule has 0 radical (unpaired) electrons. The van der Waals surface area contributed by atoms with Crippen LogP contribution in [-0.2, 0) is 4.74 Å². The predicted molar refractivity (Wildman–Crippen MR) is 66.1 cm³/mol. The van der Waals surface area contributed by atoms with E-state index in [1.54, 1.807) is 0 Å². The molecule has 84 valence electrons. The fourth-order valence-electron chi connectivity index (χ4n) is 2.17. The summed E-state index contributed by atoms with van der Waals surface area (Å²) in [5.74, 6) is 0. The van der Waals surface area contributed by atoms with Gasteiger partial charge in [-0.3, -0.25) is 0 Å². The average molecular weight is 255 g/mol. The van der Waals surface area contributed by atoms with E-state index in [0.29, 0.717) is 0 Å². The van der Waals surface area contributed by atoms with Crippen molar-refractivity contribution in [2.24, 2.45) is 0 Å². The van der Waals surface area contributed by atoms with E-state index in [1.807, 2.05) is 0 Å². The number of alkyl halides is 2. The van der Waals surface area contributed by atoms with Crippen molar-refractivity contribution in [3.05, 3.63) is 0 Å². The zero-order chi connectivity index (χ0) is 10.6. The predicted octanol–water partition coefficient (Wildman–Crippen LogP) is 3.54. The lowest BCUT2D eigenvalue weighted by Crippen LogP contribution is -2.47. The monoisotopic (exact) mass is 254 g/mol. The minimum atomic E-state index is -0.786. The number of halogens is 2. The fraction of sp³-hybridized carbons (Fsp3) is 1.00. The molecule has 1 aliphatic heterocycles. The maximum atomic E-state index is 6.02. The Bertz CT molecular complexity index is 168. The molecular formula is C10H20Cl2OSi. The molecule has 14 heavy (non-hydrogen) atoms. The molecule has 0 aromatic heterocycles. The number of hydrogen-bond acceptors (Lipinski definition) is 1. The molecule has 1 atom stereocenters. The molecule has 1 heterocycles. The van der Waals surface area contributed by atoms with Gasteiger partial charge in [-0.15, -0.1) is 23.2 Å². The SMILES string of the molecule is C[SiH](C)C1(CCC(Cl)Cl)CCCCO1. The average Bonchev–Trinajstić information content (AvgIpc) is 2.16. The molecule has 1 fully saturated rings. The Morgan fingerprint density at radius 2 is 2.07 bits per heavy atom. The molecule has 1 aliphatic rings. The largest absolute Gasteiger partial charge is 0.379 e. The highest BCUT2D eigenvalue weighted by Gasteiger charge is 2.36. The van der Waals surface area contributed by atoms with Gasteiger partial charge in [0.2, 0.25) is 0 Å². The highest BCUT2D eigenvalue weighted by Crippen LogP contribution is 2.33. The van der Waals surface area contributed by atoms with E-state index < -0.39 is 8.80 Å². The Balaban J connectivity index is 2.52. The molecule has 1 unspecified atom stereocenters. The third-order valence-corrected chi connectivity index (χ3v) is 6.51. The molecule has 0 aliphatic carbocycles. The van der Waals surface area contributed by atoms with Crippen molar-refractivity contribution in [1.29, 1.82) is 0 Å². The van der Waals surface area contributed by atoms with E-state index in [0.717, 1.165) is 19.4 Å². The normalized spacial score (nSPS) is 28.7. The summed E-state index contributed by atoms with van der Waals surface area (Å²) in [6, 6.07) is 0. The Morgan fingerprint density at radius 3 is 2.50 bits per heavy atom. The van der Waals surface area contributed by atoms with E-state index in [4.69, 9.17) is 27.9 Å². The van der Waals surface area contributed by atoms with Gasteiger partial charge in [0.25, 0.3) is 0 Å². The molecule has 1 rings (SSSR count). The maximum Gasteiger partial charge on any atom is 0.107 e. The molecule has 0 spiro atoms. The zero-order valence-corrected chi connectivity index (χ0v) is 11.7. The van der Waals surface area contributed by atoms with Crippen molar-refractivity contribution in [1.82, 2.24) is 0 Å². The highest BCUT2D eigenvalue weighted by atomic mass is 35.5. The van der Waals surface area contributed by atoms with Crippen LogP contribution in [0.1, 0.15) is 32.1 Å². The molecule has 0 N–H and O–H groups in total. The van der Waals surface area contributed by atoms with Crippen molar-refractivity contribution in [3.63, 3.8) is 0 Å². The molecule has 0 amide bonds. The Morgan fingerprint density at radius 1 is 1.36 bits per heavy atom. The van der Waals surface area contributed by atoms with Crippen LogP contribution < -0.4 is 0 Å². The van der Waals surface area contributed by atoms with E-state index in [2.05, 4.69) is 13.1 Å². The quantitative estimate of drug-likeness (QED) is 0.551. The van der Waals surface area contributed by atoms with Gasteiger partial charge in [0, 0.05) is 6.61 Å². The van der Waals surface area contributed by atoms with Crippen LogP contribution in [0.15, 0.2) is 0 Å².